The quantitative estimate of drug-likeness (QED) is 0.817. The number of pyridine rings is 1. The largest absolute Gasteiger partial charge is 0.353 e. The highest BCUT2D eigenvalue weighted by atomic mass is 35.5. The van der Waals surface area contributed by atoms with Crippen molar-refractivity contribution >= 4 is 40.5 Å². The van der Waals surface area contributed by atoms with Gasteiger partial charge in [-0.2, -0.15) is 0 Å². The maximum Gasteiger partial charge on any atom is 0.253 e. The molecule has 6 heteroatoms. The minimum Gasteiger partial charge on any atom is -0.353 e. The third kappa shape index (κ3) is 4.21. The fourth-order valence-corrected chi connectivity index (χ4v) is 2.10. The van der Waals surface area contributed by atoms with E-state index in [1.165, 1.54) is 6.20 Å². The molecule has 0 radical (unpaired) electrons. The van der Waals surface area contributed by atoms with Gasteiger partial charge in [-0.1, -0.05) is 29.3 Å². The summed E-state index contributed by atoms with van der Waals surface area (Å²) in [5.74, 6) is -0.215. The number of nitrogens with zero attached hydrogens (tertiary/aromatic N) is 1. The molecule has 4 nitrogen and oxygen atoms in total. The van der Waals surface area contributed by atoms with E-state index in [-0.39, 0.29) is 5.91 Å². The Kier molecular flexibility index (Phi) is 5.20. The molecule has 1 aromatic heterocycles. The summed E-state index contributed by atoms with van der Waals surface area (Å²) in [7, 11) is 0. The number of hydrogen-bond acceptors (Lipinski definition) is 3. The molecule has 2 rings (SSSR count). The predicted molar refractivity (Wildman–Crippen MR) is 86.5 cm³/mol. The number of carbonyl (C=O) groups is 1. The van der Waals surface area contributed by atoms with E-state index in [2.05, 4.69) is 22.2 Å². The van der Waals surface area contributed by atoms with Gasteiger partial charge in [-0.05, 0) is 24.3 Å². The average molecular weight is 322 g/mol. The minimum atomic E-state index is -0.215. The molecule has 0 aliphatic rings. The summed E-state index contributed by atoms with van der Waals surface area (Å²) in [6, 6.07) is 6.81. The van der Waals surface area contributed by atoms with Crippen molar-refractivity contribution in [2.45, 2.75) is 0 Å². The van der Waals surface area contributed by atoms with Gasteiger partial charge in [0, 0.05) is 17.8 Å². The molecule has 1 aromatic carbocycles. The van der Waals surface area contributed by atoms with Crippen LogP contribution >= 0.6 is 23.2 Å². The molecule has 0 saturated carbocycles. The summed E-state index contributed by atoms with van der Waals surface area (Å²) < 4.78 is 0. The van der Waals surface area contributed by atoms with E-state index in [1.807, 2.05) is 0 Å². The van der Waals surface area contributed by atoms with Crippen molar-refractivity contribution < 1.29 is 4.79 Å². The average Bonchev–Trinajstić information content (AvgIpc) is 2.48. The van der Waals surface area contributed by atoms with Crippen molar-refractivity contribution in [1.29, 1.82) is 0 Å². The van der Waals surface area contributed by atoms with Crippen molar-refractivity contribution in [3.8, 4) is 0 Å². The zero-order valence-electron chi connectivity index (χ0n) is 11.1. The molecular formula is C15H13Cl2N3O. The molecule has 2 aromatic rings. The molecule has 2 N–H and O–H groups in total. The van der Waals surface area contributed by atoms with Crippen LogP contribution in [0.15, 0.2) is 49.3 Å². The van der Waals surface area contributed by atoms with E-state index in [1.54, 1.807) is 36.5 Å². The third-order valence-corrected chi connectivity index (χ3v) is 3.17. The van der Waals surface area contributed by atoms with Crippen LogP contribution in [0.4, 0.5) is 11.4 Å². The molecule has 0 aliphatic carbocycles. The number of anilines is 2. The van der Waals surface area contributed by atoms with Crippen LogP contribution in [0.1, 0.15) is 10.4 Å². The SMILES string of the molecule is C=CCNC(=O)c1cncc(Nc2ccc(Cl)cc2Cl)c1. The van der Waals surface area contributed by atoms with Crippen molar-refractivity contribution in [2.75, 3.05) is 11.9 Å². The lowest BCUT2D eigenvalue weighted by molar-refractivity contribution is 0.0957. The fraction of sp³-hybridized carbons (Fsp3) is 0.0667. The summed E-state index contributed by atoms with van der Waals surface area (Å²) >= 11 is 11.9. The molecule has 0 aliphatic heterocycles. The Labute approximate surface area is 132 Å². The molecule has 0 saturated heterocycles. The van der Waals surface area contributed by atoms with Crippen molar-refractivity contribution in [3.05, 3.63) is 64.9 Å². The van der Waals surface area contributed by atoms with Crippen LogP contribution in [0, 0.1) is 0 Å². The Balaban J connectivity index is 2.17. The zero-order chi connectivity index (χ0) is 15.2. The van der Waals surface area contributed by atoms with Crippen LogP contribution in [-0.2, 0) is 0 Å². The first kappa shape index (κ1) is 15.4. The van der Waals surface area contributed by atoms with Gasteiger partial charge in [0.05, 0.1) is 28.2 Å². The molecule has 1 heterocycles. The first-order valence-electron chi connectivity index (χ1n) is 6.16. The summed E-state index contributed by atoms with van der Waals surface area (Å²) in [4.78, 5) is 15.9. The van der Waals surface area contributed by atoms with Crippen LogP contribution in [0.2, 0.25) is 10.0 Å². The Morgan fingerprint density at radius 1 is 1.29 bits per heavy atom. The van der Waals surface area contributed by atoms with Gasteiger partial charge in [-0.15, -0.1) is 6.58 Å². The Hall–Kier alpha value is -2.04. The van der Waals surface area contributed by atoms with E-state index in [9.17, 15) is 4.79 Å². The predicted octanol–water partition coefficient (Wildman–Crippen LogP) is 4.05. The van der Waals surface area contributed by atoms with Gasteiger partial charge in [0.25, 0.3) is 5.91 Å². The van der Waals surface area contributed by atoms with Crippen LogP contribution < -0.4 is 10.6 Å². The van der Waals surface area contributed by atoms with E-state index >= 15 is 0 Å². The molecule has 0 fully saturated rings. The third-order valence-electron chi connectivity index (χ3n) is 2.62. The van der Waals surface area contributed by atoms with E-state index in [0.29, 0.717) is 33.5 Å². The molecule has 0 unspecified atom stereocenters. The maximum absolute atomic E-state index is 11.8. The number of amides is 1. The molecule has 108 valence electrons. The molecule has 0 atom stereocenters. The summed E-state index contributed by atoms with van der Waals surface area (Å²) in [5, 5.41) is 6.83. The second-order valence-corrected chi connectivity index (χ2v) is 5.05. The Morgan fingerprint density at radius 2 is 2.10 bits per heavy atom. The standard InChI is InChI=1S/C15H13Cl2N3O/c1-2-5-19-15(21)10-6-12(9-18-8-10)20-14-4-3-11(16)7-13(14)17/h2-4,6-9,20H,1,5H2,(H,19,21). The normalized spacial score (nSPS) is 10.0. The van der Waals surface area contributed by atoms with E-state index in [0.717, 1.165) is 0 Å². The number of hydrogen-bond donors (Lipinski definition) is 2. The minimum absolute atomic E-state index is 0.215. The lowest BCUT2D eigenvalue weighted by atomic mass is 10.2. The molecule has 0 bridgehead atoms. The second-order valence-electron chi connectivity index (χ2n) is 4.21. The molecule has 21 heavy (non-hydrogen) atoms. The monoisotopic (exact) mass is 321 g/mol. The van der Waals surface area contributed by atoms with Gasteiger partial charge in [0.15, 0.2) is 0 Å². The number of rotatable bonds is 5. The van der Waals surface area contributed by atoms with Crippen molar-refractivity contribution in [1.82, 2.24) is 10.3 Å². The Morgan fingerprint density at radius 3 is 2.81 bits per heavy atom. The van der Waals surface area contributed by atoms with Crippen LogP contribution in [0.5, 0.6) is 0 Å². The second kappa shape index (κ2) is 7.11. The van der Waals surface area contributed by atoms with Crippen LogP contribution in [-0.4, -0.2) is 17.4 Å². The number of carbonyl (C=O) groups excluding carboxylic acids is 1. The first-order chi connectivity index (χ1) is 10.1. The highest BCUT2D eigenvalue weighted by molar-refractivity contribution is 6.36. The van der Waals surface area contributed by atoms with E-state index in [4.69, 9.17) is 23.2 Å². The zero-order valence-corrected chi connectivity index (χ0v) is 12.6. The highest BCUT2D eigenvalue weighted by Crippen LogP contribution is 2.28. The van der Waals surface area contributed by atoms with Crippen molar-refractivity contribution in [2.24, 2.45) is 0 Å². The highest BCUT2D eigenvalue weighted by Gasteiger charge is 2.07. The topological polar surface area (TPSA) is 54.0 Å². The van der Waals surface area contributed by atoms with Gasteiger partial charge in [0.1, 0.15) is 0 Å². The number of aromatic nitrogens is 1. The first-order valence-corrected chi connectivity index (χ1v) is 6.92. The Bertz CT molecular complexity index is 674. The lowest BCUT2D eigenvalue weighted by Crippen LogP contribution is -2.23. The van der Waals surface area contributed by atoms with Gasteiger partial charge in [-0.3, -0.25) is 9.78 Å². The number of nitrogens with one attached hydrogen (secondary N) is 2. The lowest BCUT2D eigenvalue weighted by Gasteiger charge is -2.09. The smallest absolute Gasteiger partial charge is 0.253 e. The van der Waals surface area contributed by atoms with Crippen LogP contribution in [0.3, 0.4) is 0 Å². The summed E-state index contributed by atoms with van der Waals surface area (Å²) in [6.45, 7) is 3.95. The molecule has 0 spiro atoms. The van der Waals surface area contributed by atoms with Crippen LogP contribution in [0.25, 0.3) is 0 Å². The van der Waals surface area contributed by atoms with Gasteiger partial charge in [-0.25, -0.2) is 0 Å². The van der Waals surface area contributed by atoms with Gasteiger partial charge >= 0.3 is 0 Å². The van der Waals surface area contributed by atoms with Gasteiger partial charge < -0.3 is 10.6 Å². The molecule has 1 amide bonds. The number of halogens is 2. The van der Waals surface area contributed by atoms with E-state index < -0.39 is 0 Å². The van der Waals surface area contributed by atoms with Crippen molar-refractivity contribution in [3.63, 3.8) is 0 Å². The summed E-state index contributed by atoms with van der Waals surface area (Å²) in [6.07, 6.45) is 4.71. The van der Waals surface area contributed by atoms with Gasteiger partial charge in [0.2, 0.25) is 0 Å². The fourth-order valence-electron chi connectivity index (χ4n) is 1.65. The maximum atomic E-state index is 11.8. The molecular weight excluding hydrogens is 309 g/mol. The summed E-state index contributed by atoms with van der Waals surface area (Å²) in [5.41, 5.74) is 1.80. The number of benzene rings is 1.